The molecule has 0 amide bonds. The van der Waals surface area contributed by atoms with E-state index in [1.165, 1.54) is 0 Å². The Hall–Kier alpha value is -1.78. The summed E-state index contributed by atoms with van der Waals surface area (Å²) in [5, 5.41) is 14.5. The Labute approximate surface area is 120 Å². The van der Waals surface area contributed by atoms with E-state index in [4.69, 9.17) is 4.74 Å². The molecule has 1 N–H and O–H groups in total. The number of nitro groups is 1. The molecule has 0 heterocycles. The lowest BCUT2D eigenvalue weighted by molar-refractivity contribution is -0.385. The van der Waals surface area contributed by atoms with Gasteiger partial charge in [-0.15, -0.1) is 0 Å². The topological polar surface area (TPSA) is 64.4 Å². The lowest BCUT2D eigenvalue weighted by atomic mass is 10.0. The van der Waals surface area contributed by atoms with Crippen LogP contribution in [-0.4, -0.2) is 17.6 Å². The van der Waals surface area contributed by atoms with E-state index in [1.807, 2.05) is 13.8 Å². The second kappa shape index (κ2) is 7.72. The van der Waals surface area contributed by atoms with Crippen LogP contribution < -0.4 is 10.1 Å². The molecule has 1 rings (SSSR count). The van der Waals surface area contributed by atoms with Crippen LogP contribution in [0.2, 0.25) is 0 Å². The van der Waals surface area contributed by atoms with Crippen LogP contribution in [0.25, 0.3) is 0 Å². The monoisotopic (exact) mass is 280 g/mol. The highest BCUT2D eigenvalue weighted by molar-refractivity contribution is 5.68. The molecule has 5 heteroatoms. The summed E-state index contributed by atoms with van der Waals surface area (Å²) in [6.45, 7) is 8.74. The fourth-order valence-electron chi connectivity index (χ4n) is 2.19. The van der Waals surface area contributed by atoms with Crippen molar-refractivity contribution in [1.29, 1.82) is 0 Å². The van der Waals surface area contributed by atoms with E-state index < -0.39 is 0 Å². The van der Waals surface area contributed by atoms with Crippen LogP contribution in [0.15, 0.2) is 18.2 Å². The van der Waals surface area contributed by atoms with Crippen molar-refractivity contribution in [3.63, 3.8) is 0 Å². The molecule has 0 saturated heterocycles. The Kier molecular flexibility index (Phi) is 6.28. The molecule has 0 aliphatic carbocycles. The van der Waals surface area contributed by atoms with Crippen LogP contribution in [0.1, 0.15) is 40.5 Å². The van der Waals surface area contributed by atoms with Gasteiger partial charge in [0.15, 0.2) is 5.75 Å². The van der Waals surface area contributed by atoms with E-state index in [-0.39, 0.29) is 16.7 Å². The molecule has 112 valence electrons. The number of benzene rings is 1. The summed E-state index contributed by atoms with van der Waals surface area (Å²) in [5.74, 6) is 0.870. The van der Waals surface area contributed by atoms with Crippen molar-refractivity contribution in [1.82, 2.24) is 0 Å². The van der Waals surface area contributed by atoms with Crippen LogP contribution in [0.5, 0.6) is 5.75 Å². The zero-order valence-corrected chi connectivity index (χ0v) is 12.7. The number of rotatable bonds is 8. The molecule has 0 aliphatic rings. The Morgan fingerprint density at radius 1 is 1.35 bits per heavy atom. The lowest BCUT2D eigenvalue weighted by Gasteiger charge is -2.18. The highest BCUT2D eigenvalue weighted by atomic mass is 16.6. The molecule has 1 aromatic carbocycles. The van der Waals surface area contributed by atoms with Gasteiger partial charge in [0.25, 0.3) is 0 Å². The zero-order valence-electron chi connectivity index (χ0n) is 12.7. The third kappa shape index (κ3) is 4.72. The minimum atomic E-state index is -0.380. The second-order valence-corrected chi connectivity index (χ2v) is 5.43. The van der Waals surface area contributed by atoms with Crippen LogP contribution in [-0.2, 0) is 0 Å². The van der Waals surface area contributed by atoms with Crippen molar-refractivity contribution in [2.24, 2.45) is 5.92 Å². The number of nitro benzene ring substituents is 1. The number of para-hydroxylation sites is 1. The first-order chi connectivity index (χ1) is 9.45. The molecule has 0 spiro atoms. The van der Waals surface area contributed by atoms with Gasteiger partial charge in [-0.3, -0.25) is 10.1 Å². The summed E-state index contributed by atoms with van der Waals surface area (Å²) in [7, 11) is 0. The van der Waals surface area contributed by atoms with Crippen molar-refractivity contribution < 1.29 is 9.66 Å². The largest absolute Gasteiger partial charge is 0.487 e. The van der Waals surface area contributed by atoms with Crippen LogP contribution in [0.3, 0.4) is 0 Å². The summed E-state index contributed by atoms with van der Waals surface area (Å²) in [4.78, 5) is 10.9. The van der Waals surface area contributed by atoms with Crippen LogP contribution >= 0.6 is 0 Å². The average Bonchev–Trinajstić information content (AvgIpc) is 2.34. The van der Waals surface area contributed by atoms with Crippen molar-refractivity contribution in [2.75, 3.05) is 11.9 Å². The highest BCUT2D eigenvalue weighted by Gasteiger charge is 2.22. The Morgan fingerprint density at radius 2 is 2.05 bits per heavy atom. The molecule has 5 nitrogen and oxygen atoms in total. The van der Waals surface area contributed by atoms with Gasteiger partial charge in [-0.2, -0.15) is 0 Å². The molecule has 0 radical (unpaired) electrons. The molecule has 20 heavy (non-hydrogen) atoms. The number of nitrogens with one attached hydrogen (secondary N) is 1. The molecule has 1 atom stereocenters. The second-order valence-electron chi connectivity index (χ2n) is 5.43. The molecule has 1 unspecified atom stereocenters. The first-order valence-corrected chi connectivity index (χ1v) is 7.12. The quantitative estimate of drug-likeness (QED) is 0.571. The van der Waals surface area contributed by atoms with E-state index in [0.717, 1.165) is 12.8 Å². The Bertz CT molecular complexity index is 447. The third-order valence-corrected chi connectivity index (χ3v) is 2.87. The smallest absolute Gasteiger partial charge is 0.333 e. The van der Waals surface area contributed by atoms with Gasteiger partial charge < -0.3 is 10.1 Å². The normalized spacial score (nSPS) is 12.2. The van der Waals surface area contributed by atoms with Gasteiger partial charge in [0.1, 0.15) is 5.69 Å². The molecular weight excluding hydrogens is 256 g/mol. The fraction of sp³-hybridized carbons (Fsp3) is 0.600. The van der Waals surface area contributed by atoms with Crippen LogP contribution in [0.4, 0.5) is 11.4 Å². The van der Waals surface area contributed by atoms with E-state index >= 15 is 0 Å². The number of nitrogens with zero attached hydrogens (tertiary/aromatic N) is 1. The summed E-state index contributed by atoms with van der Waals surface area (Å²) in [6, 6.07) is 5.33. The number of ether oxygens (including phenoxy) is 1. The van der Waals surface area contributed by atoms with Gasteiger partial charge in [0, 0.05) is 6.04 Å². The van der Waals surface area contributed by atoms with Gasteiger partial charge >= 0.3 is 5.69 Å². The summed E-state index contributed by atoms with van der Waals surface area (Å²) >= 11 is 0. The maximum absolute atomic E-state index is 11.3. The Balaban J connectivity index is 2.97. The van der Waals surface area contributed by atoms with E-state index in [2.05, 4.69) is 19.2 Å². The highest BCUT2D eigenvalue weighted by Crippen LogP contribution is 2.35. The number of hydrogen-bond donors (Lipinski definition) is 1. The molecule has 0 bridgehead atoms. The maximum Gasteiger partial charge on any atom is 0.333 e. The summed E-state index contributed by atoms with van der Waals surface area (Å²) in [6.07, 6.45) is 1.77. The van der Waals surface area contributed by atoms with Gasteiger partial charge in [0.2, 0.25) is 0 Å². The molecule has 1 aromatic rings. The molecule has 0 saturated carbocycles. The summed E-state index contributed by atoms with van der Waals surface area (Å²) < 4.78 is 5.47. The molecule has 0 fully saturated rings. The third-order valence-electron chi connectivity index (χ3n) is 2.87. The Morgan fingerprint density at radius 3 is 2.60 bits per heavy atom. The predicted octanol–water partition coefficient (Wildman–Crippen LogP) is 4.23. The van der Waals surface area contributed by atoms with Crippen LogP contribution in [0, 0.1) is 16.0 Å². The standard InChI is InChI=1S/C15H24N2O3/c1-5-9-20-14-8-6-7-13(15(14)17(18)19)16-12(4)10-11(2)3/h6-8,11-12,16H,5,9-10H2,1-4H3. The SMILES string of the molecule is CCCOc1cccc(NC(C)CC(C)C)c1[N+](=O)[O-]. The van der Waals surface area contributed by atoms with Gasteiger partial charge in [-0.05, 0) is 37.8 Å². The summed E-state index contributed by atoms with van der Waals surface area (Å²) in [5.41, 5.74) is 0.549. The maximum atomic E-state index is 11.3. The predicted molar refractivity (Wildman–Crippen MR) is 81.4 cm³/mol. The number of hydrogen-bond acceptors (Lipinski definition) is 4. The zero-order chi connectivity index (χ0) is 15.1. The van der Waals surface area contributed by atoms with Crippen molar-refractivity contribution in [3.8, 4) is 5.75 Å². The van der Waals surface area contributed by atoms with Crippen molar-refractivity contribution in [2.45, 2.75) is 46.6 Å². The van der Waals surface area contributed by atoms with E-state index in [0.29, 0.717) is 24.0 Å². The molecule has 0 aliphatic heterocycles. The molecular formula is C15H24N2O3. The average molecular weight is 280 g/mol. The molecule has 0 aromatic heterocycles. The fourth-order valence-corrected chi connectivity index (χ4v) is 2.19. The first kappa shape index (κ1) is 16.3. The lowest BCUT2D eigenvalue weighted by Crippen LogP contribution is -2.18. The van der Waals surface area contributed by atoms with Gasteiger partial charge in [0.05, 0.1) is 11.5 Å². The van der Waals surface area contributed by atoms with E-state index in [1.54, 1.807) is 18.2 Å². The van der Waals surface area contributed by atoms with E-state index in [9.17, 15) is 10.1 Å². The van der Waals surface area contributed by atoms with Crippen molar-refractivity contribution >= 4 is 11.4 Å². The van der Waals surface area contributed by atoms with Gasteiger partial charge in [-0.25, -0.2) is 0 Å². The minimum absolute atomic E-state index is 0.0246. The number of anilines is 1. The minimum Gasteiger partial charge on any atom is -0.487 e. The first-order valence-electron chi connectivity index (χ1n) is 7.12. The van der Waals surface area contributed by atoms with Crippen molar-refractivity contribution in [3.05, 3.63) is 28.3 Å². The van der Waals surface area contributed by atoms with Gasteiger partial charge in [-0.1, -0.05) is 26.8 Å².